The predicted octanol–water partition coefficient (Wildman–Crippen LogP) is 5.08. The molecule has 1 aliphatic heterocycles. The van der Waals surface area contributed by atoms with Crippen molar-refractivity contribution in [2.75, 3.05) is 12.0 Å². The number of anilines is 1. The van der Waals surface area contributed by atoms with Gasteiger partial charge in [-0.1, -0.05) is 70.5 Å². The largest absolute Gasteiger partial charge is 0.507 e. The van der Waals surface area contributed by atoms with Gasteiger partial charge in [0.2, 0.25) is 0 Å². The van der Waals surface area contributed by atoms with Gasteiger partial charge in [0.15, 0.2) is 0 Å². The molecular formula is C24H18BrNO4. The number of hydrogen-bond acceptors (Lipinski definition) is 4. The van der Waals surface area contributed by atoms with Crippen LogP contribution < -0.4 is 9.64 Å². The fraction of sp³-hybridized carbons (Fsp3) is 0.0833. The molecule has 0 spiro atoms. The molecule has 0 aliphatic carbocycles. The number of ketones is 1. The third-order valence-corrected chi connectivity index (χ3v) is 5.50. The Morgan fingerprint density at radius 2 is 1.67 bits per heavy atom. The van der Waals surface area contributed by atoms with Crippen LogP contribution in [0.4, 0.5) is 5.69 Å². The second-order valence-electron chi connectivity index (χ2n) is 6.76. The van der Waals surface area contributed by atoms with Crippen LogP contribution in [-0.2, 0) is 9.59 Å². The molecule has 0 saturated carbocycles. The van der Waals surface area contributed by atoms with Crippen LogP contribution in [0.15, 0.2) is 88.9 Å². The Morgan fingerprint density at radius 3 is 2.37 bits per heavy atom. The van der Waals surface area contributed by atoms with Crippen LogP contribution in [0.5, 0.6) is 5.75 Å². The number of para-hydroxylation sites is 1. The normalized spacial score (nSPS) is 17.9. The van der Waals surface area contributed by atoms with Crippen LogP contribution in [-0.4, -0.2) is 23.9 Å². The number of hydrogen-bond donors (Lipinski definition) is 1. The molecule has 1 fully saturated rings. The van der Waals surface area contributed by atoms with Crippen LogP contribution in [0.1, 0.15) is 17.2 Å². The fourth-order valence-electron chi connectivity index (χ4n) is 3.66. The number of benzene rings is 3. The van der Waals surface area contributed by atoms with E-state index in [1.54, 1.807) is 60.7 Å². The zero-order valence-electron chi connectivity index (χ0n) is 16.1. The Balaban J connectivity index is 2.00. The maximum Gasteiger partial charge on any atom is 0.300 e. The van der Waals surface area contributed by atoms with E-state index in [1.807, 2.05) is 18.2 Å². The molecule has 0 unspecified atom stereocenters. The minimum Gasteiger partial charge on any atom is -0.507 e. The van der Waals surface area contributed by atoms with Crippen molar-refractivity contribution >= 4 is 39.1 Å². The third-order valence-electron chi connectivity index (χ3n) is 5.01. The Hall–Kier alpha value is -3.38. The number of rotatable bonds is 4. The monoisotopic (exact) mass is 463 g/mol. The van der Waals surface area contributed by atoms with Crippen LogP contribution >= 0.6 is 15.9 Å². The lowest BCUT2D eigenvalue weighted by atomic mass is 9.94. The van der Waals surface area contributed by atoms with Crippen LogP contribution in [0.3, 0.4) is 0 Å². The van der Waals surface area contributed by atoms with E-state index in [9.17, 15) is 14.7 Å². The van der Waals surface area contributed by atoms with Crippen LogP contribution in [0.25, 0.3) is 5.76 Å². The highest BCUT2D eigenvalue weighted by Crippen LogP contribution is 2.45. The van der Waals surface area contributed by atoms with Crippen molar-refractivity contribution in [3.8, 4) is 5.75 Å². The number of ether oxygens (including phenoxy) is 1. The molecule has 0 bridgehead atoms. The SMILES string of the molecule is COc1ccccc1[C@H]1/C(=C(\O)c2ccccc2)C(=O)C(=O)N1c1cccc(Br)c1. The van der Waals surface area contributed by atoms with Gasteiger partial charge in [-0.25, -0.2) is 0 Å². The number of Topliss-reactive ketones (excluding diaryl/α,β-unsaturated/α-hetero) is 1. The summed E-state index contributed by atoms with van der Waals surface area (Å²) in [5.41, 5.74) is 1.63. The summed E-state index contributed by atoms with van der Waals surface area (Å²) in [4.78, 5) is 27.6. The maximum atomic E-state index is 13.1. The van der Waals surface area contributed by atoms with Gasteiger partial charge in [-0.05, 0) is 24.3 Å². The van der Waals surface area contributed by atoms with Crippen molar-refractivity contribution in [1.82, 2.24) is 0 Å². The molecule has 1 heterocycles. The number of aliphatic hydroxyl groups excluding tert-OH is 1. The predicted molar refractivity (Wildman–Crippen MR) is 118 cm³/mol. The highest BCUT2D eigenvalue weighted by molar-refractivity contribution is 9.10. The first-order valence-corrected chi connectivity index (χ1v) is 10.1. The van der Waals surface area contributed by atoms with Crippen molar-refractivity contribution in [3.05, 3.63) is 100 Å². The highest BCUT2D eigenvalue weighted by atomic mass is 79.9. The first-order chi connectivity index (χ1) is 14.5. The van der Waals surface area contributed by atoms with E-state index in [-0.39, 0.29) is 11.3 Å². The molecule has 30 heavy (non-hydrogen) atoms. The minimum atomic E-state index is -0.837. The topological polar surface area (TPSA) is 66.8 Å². The van der Waals surface area contributed by atoms with Crippen molar-refractivity contribution in [2.45, 2.75) is 6.04 Å². The highest BCUT2D eigenvalue weighted by Gasteiger charge is 2.47. The molecule has 1 atom stereocenters. The standard InChI is InChI=1S/C24H18BrNO4/c1-30-19-13-6-5-12-18(19)21-20(22(27)15-8-3-2-4-9-15)23(28)24(29)26(21)17-11-7-10-16(25)14-17/h2-14,21,27H,1H3/b22-20+/t21-/m0/s1. The van der Waals surface area contributed by atoms with Gasteiger partial charge in [0.1, 0.15) is 11.5 Å². The molecule has 3 aromatic carbocycles. The molecule has 1 aliphatic rings. The average Bonchev–Trinajstić information content (AvgIpc) is 3.04. The van der Waals surface area contributed by atoms with Gasteiger partial charge in [0, 0.05) is 21.3 Å². The van der Waals surface area contributed by atoms with Crippen molar-refractivity contribution in [3.63, 3.8) is 0 Å². The van der Waals surface area contributed by atoms with Gasteiger partial charge in [0.25, 0.3) is 11.7 Å². The van der Waals surface area contributed by atoms with Gasteiger partial charge < -0.3 is 9.84 Å². The summed E-state index contributed by atoms with van der Waals surface area (Å²) >= 11 is 3.42. The molecule has 4 rings (SSSR count). The number of halogens is 1. The summed E-state index contributed by atoms with van der Waals surface area (Å²) in [7, 11) is 1.53. The van der Waals surface area contributed by atoms with Crippen molar-refractivity contribution in [1.29, 1.82) is 0 Å². The molecular weight excluding hydrogens is 446 g/mol. The zero-order chi connectivity index (χ0) is 21.3. The zero-order valence-corrected chi connectivity index (χ0v) is 17.7. The number of aliphatic hydroxyl groups is 1. The smallest absolute Gasteiger partial charge is 0.300 e. The Bertz CT molecular complexity index is 1160. The number of carbonyl (C=O) groups excluding carboxylic acids is 2. The Kier molecular flexibility index (Phi) is 5.42. The second-order valence-corrected chi connectivity index (χ2v) is 7.67. The number of amides is 1. The minimum absolute atomic E-state index is 0.0238. The molecule has 6 heteroatoms. The molecule has 1 amide bonds. The lowest BCUT2D eigenvalue weighted by Crippen LogP contribution is -2.29. The van der Waals surface area contributed by atoms with Gasteiger partial charge in [-0.15, -0.1) is 0 Å². The van der Waals surface area contributed by atoms with Crippen LogP contribution in [0, 0.1) is 0 Å². The summed E-state index contributed by atoms with van der Waals surface area (Å²) < 4.78 is 6.27. The lowest BCUT2D eigenvalue weighted by molar-refractivity contribution is -0.132. The summed E-state index contributed by atoms with van der Waals surface area (Å²) in [6, 6.07) is 22.2. The van der Waals surface area contributed by atoms with Gasteiger partial charge in [-0.3, -0.25) is 14.5 Å². The van der Waals surface area contributed by atoms with Gasteiger partial charge >= 0.3 is 0 Å². The number of nitrogens with zero attached hydrogens (tertiary/aromatic N) is 1. The second kappa shape index (κ2) is 8.16. The van der Waals surface area contributed by atoms with Crippen LogP contribution in [0.2, 0.25) is 0 Å². The lowest BCUT2D eigenvalue weighted by Gasteiger charge is -2.26. The summed E-state index contributed by atoms with van der Waals surface area (Å²) in [6.07, 6.45) is 0. The van der Waals surface area contributed by atoms with E-state index in [0.29, 0.717) is 22.6 Å². The first-order valence-electron chi connectivity index (χ1n) is 9.28. The summed E-state index contributed by atoms with van der Waals surface area (Å²) in [6.45, 7) is 0. The fourth-order valence-corrected chi connectivity index (χ4v) is 4.05. The van der Waals surface area contributed by atoms with E-state index in [2.05, 4.69) is 15.9 Å². The van der Waals surface area contributed by atoms with E-state index in [4.69, 9.17) is 4.74 Å². The summed E-state index contributed by atoms with van der Waals surface area (Å²) in [5.74, 6) is -1.15. The first kappa shape index (κ1) is 19.9. The molecule has 1 saturated heterocycles. The molecule has 1 N–H and O–H groups in total. The molecule has 0 aromatic heterocycles. The van der Waals surface area contributed by atoms with Crippen molar-refractivity contribution < 1.29 is 19.4 Å². The number of carbonyl (C=O) groups is 2. The van der Waals surface area contributed by atoms with E-state index in [1.165, 1.54) is 12.0 Å². The Labute approximate surface area is 182 Å². The third kappa shape index (κ3) is 3.39. The van der Waals surface area contributed by atoms with Gasteiger partial charge in [0.05, 0.1) is 18.7 Å². The number of methoxy groups -OCH3 is 1. The maximum absolute atomic E-state index is 13.1. The van der Waals surface area contributed by atoms with E-state index < -0.39 is 17.7 Å². The molecule has 3 aromatic rings. The molecule has 150 valence electrons. The van der Waals surface area contributed by atoms with E-state index in [0.717, 1.165) is 4.47 Å². The van der Waals surface area contributed by atoms with Gasteiger partial charge in [-0.2, -0.15) is 0 Å². The average molecular weight is 464 g/mol. The summed E-state index contributed by atoms with van der Waals surface area (Å²) in [5, 5.41) is 11.1. The molecule has 0 radical (unpaired) electrons. The molecule has 5 nitrogen and oxygen atoms in total. The van der Waals surface area contributed by atoms with Crippen molar-refractivity contribution in [2.24, 2.45) is 0 Å². The Morgan fingerprint density at radius 1 is 0.967 bits per heavy atom. The van der Waals surface area contributed by atoms with E-state index >= 15 is 0 Å². The quantitative estimate of drug-likeness (QED) is 0.332.